The van der Waals surface area contributed by atoms with Crippen LogP contribution >= 0.6 is 0 Å². The van der Waals surface area contributed by atoms with Crippen molar-refractivity contribution in [2.75, 3.05) is 7.11 Å². The lowest BCUT2D eigenvalue weighted by Crippen LogP contribution is -2.32. The van der Waals surface area contributed by atoms with Crippen molar-refractivity contribution in [1.82, 2.24) is 4.72 Å². The van der Waals surface area contributed by atoms with Crippen LogP contribution in [0.15, 0.2) is 60.7 Å². The van der Waals surface area contributed by atoms with Crippen molar-refractivity contribution in [3.63, 3.8) is 0 Å². The first-order chi connectivity index (χ1) is 10.1. The van der Waals surface area contributed by atoms with E-state index in [1.54, 1.807) is 0 Å². The number of hydrogen-bond acceptors (Lipinski definition) is 3. The molecule has 0 spiro atoms. The fraction of sp³-hybridized carbons (Fsp3) is 0.250. The van der Waals surface area contributed by atoms with E-state index in [0.717, 1.165) is 24.7 Å². The highest BCUT2D eigenvalue weighted by Gasteiger charge is 2.57. The Kier molecular flexibility index (Phi) is 3.57. The lowest BCUT2D eigenvalue weighted by molar-refractivity contribution is 0.385. The second kappa shape index (κ2) is 5.26. The summed E-state index contributed by atoms with van der Waals surface area (Å²) in [6.07, 6.45) is 0.726. The van der Waals surface area contributed by atoms with Gasteiger partial charge in [0.25, 0.3) is 0 Å². The maximum Gasteiger partial charge on any atom is 0.335 e. The molecule has 0 saturated heterocycles. The second-order valence-electron chi connectivity index (χ2n) is 5.20. The van der Waals surface area contributed by atoms with Crippen molar-refractivity contribution in [3.8, 4) is 0 Å². The summed E-state index contributed by atoms with van der Waals surface area (Å²) in [5.74, 6) is 0. The Labute approximate surface area is 125 Å². The van der Waals surface area contributed by atoms with Gasteiger partial charge >= 0.3 is 10.3 Å². The standard InChI is InChI=1S/C16H17NO3S/c1-20-21(18,19)17-15-12-16(15,13-8-4-2-5-9-13)14-10-6-3-7-11-14/h2-11,15,17H,12H2,1H3. The Balaban J connectivity index is 2.00. The van der Waals surface area contributed by atoms with E-state index in [9.17, 15) is 8.42 Å². The molecule has 0 aromatic heterocycles. The van der Waals surface area contributed by atoms with Gasteiger partial charge in [0.15, 0.2) is 0 Å². The quantitative estimate of drug-likeness (QED) is 0.921. The van der Waals surface area contributed by atoms with Crippen LogP contribution in [-0.4, -0.2) is 21.6 Å². The Morgan fingerprint density at radius 2 is 1.48 bits per heavy atom. The molecule has 4 nitrogen and oxygen atoms in total. The fourth-order valence-corrected chi connectivity index (χ4v) is 3.63. The molecule has 1 atom stereocenters. The number of nitrogens with one attached hydrogen (secondary N) is 1. The first-order valence-corrected chi connectivity index (χ1v) is 8.18. The Morgan fingerprint density at radius 3 is 1.90 bits per heavy atom. The SMILES string of the molecule is COS(=O)(=O)NC1CC1(c1ccccc1)c1ccccc1. The van der Waals surface area contributed by atoms with E-state index in [4.69, 9.17) is 0 Å². The van der Waals surface area contributed by atoms with Crippen molar-refractivity contribution in [2.24, 2.45) is 0 Å². The molecule has 0 bridgehead atoms. The average molecular weight is 303 g/mol. The first-order valence-electron chi connectivity index (χ1n) is 6.77. The predicted molar refractivity (Wildman–Crippen MR) is 81.1 cm³/mol. The molecule has 5 heteroatoms. The van der Waals surface area contributed by atoms with Gasteiger partial charge in [-0.3, -0.25) is 4.18 Å². The predicted octanol–water partition coefficient (Wildman–Crippen LogP) is 2.23. The van der Waals surface area contributed by atoms with Gasteiger partial charge in [0, 0.05) is 11.5 Å². The van der Waals surface area contributed by atoms with Crippen LogP contribution in [0.25, 0.3) is 0 Å². The van der Waals surface area contributed by atoms with Crippen molar-refractivity contribution < 1.29 is 12.6 Å². The van der Waals surface area contributed by atoms with Crippen molar-refractivity contribution >= 4 is 10.3 Å². The van der Waals surface area contributed by atoms with Crippen LogP contribution in [-0.2, 0) is 19.9 Å². The van der Waals surface area contributed by atoms with E-state index in [-0.39, 0.29) is 11.5 Å². The number of rotatable bonds is 5. The van der Waals surface area contributed by atoms with Crippen molar-refractivity contribution in [2.45, 2.75) is 17.9 Å². The minimum Gasteiger partial charge on any atom is -0.261 e. The van der Waals surface area contributed by atoms with Crippen LogP contribution in [0.4, 0.5) is 0 Å². The molecule has 1 unspecified atom stereocenters. The second-order valence-corrected chi connectivity index (χ2v) is 6.68. The van der Waals surface area contributed by atoms with Crippen LogP contribution < -0.4 is 4.72 Å². The zero-order chi connectivity index (χ0) is 14.9. The van der Waals surface area contributed by atoms with E-state index in [1.807, 2.05) is 60.7 Å². The van der Waals surface area contributed by atoms with Gasteiger partial charge in [-0.1, -0.05) is 60.7 Å². The van der Waals surface area contributed by atoms with Gasteiger partial charge in [-0.2, -0.15) is 13.1 Å². The minimum atomic E-state index is -3.69. The minimum absolute atomic E-state index is 0.188. The Bertz CT molecular complexity index is 674. The van der Waals surface area contributed by atoms with Crippen LogP contribution in [0.2, 0.25) is 0 Å². The Morgan fingerprint density at radius 1 is 1.00 bits per heavy atom. The van der Waals surface area contributed by atoms with Gasteiger partial charge in [-0.15, -0.1) is 0 Å². The molecule has 1 N–H and O–H groups in total. The molecule has 1 fully saturated rings. The van der Waals surface area contributed by atoms with Gasteiger partial charge in [-0.05, 0) is 17.5 Å². The van der Waals surface area contributed by atoms with E-state index in [1.165, 1.54) is 0 Å². The van der Waals surface area contributed by atoms with Gasteiger partial charge in [-0.25, -0.2) is 0 Å². The molecule has 1 saturated carbocycles. The third-order valence-electron chi connectivity index (χ3n) is 4.04. The van der Waals surface area contributed by atoms with Gasteiger partial charge in [0.1, 0.15) is 0 Å². The monoisotopic (exact) mass is 303 g/mol. The summed E-state index contributed by atoms with van der Waals surface area (Å²) in [6, 6.07) is 19.8. The maximum absolute atomic E-state index is 11.7. The summed E-state index contributed by atoms with van der Waals surface area (Å²) in [6.45, 7) is 0. The average Bonchev–Trinajstić information content (AvgIpc) is 3.23. The molecular formula is C16H17NO3S. The summed E-state index contributed by atoms with van der Waals surface area (Å²) >= 11 is 0. The summed E-state index contributed by atoms with van der Waals surface area (Å²) in [5, 5.41) is 0. The summed E-state index contributed by atoms with van der Waals surface area (Å²) in [7, 11) is -2.53. The van der Waals surface area contributed by atoms with E-state index in [2.05, 4.69) is 8.91 Å². The summed E-state index contributed by atoms with van der Waals surface area (Å²) < 4.78 is 30.5. The molecule has 2 aromatic carbocycles. The molecule has 3 rings (SSSR count). The molecule has 0 aliphatic heterocycles. The molecule has 0 radical (unpaired) electrons. The molecule has 110 valence electrons. The molecular weight excluding hydrogens is 286 g/mol. The van der Waals surface area contributed by atoms with Crippen LogP contribution in [0.3, 0.4) is 0 Å². The third-order valence-corrected chi connectivity index (χ3v) is 5.06. The lowest BCUT2D eigenvalue weighted by Gasteiger charge is -2.19. The highest BCUT2D eigenvalue weighted by molar-refractivity contribution is 7.84. The Hall–Kier alpha value is -1.69. The fourth-order valence-electron chi connectivity index (χ4n) is 2.90. The van der Waals surface area contributed by atoms with E-state index < -0.39 is 10.3 Å². The van der Waals surface area contributed by atoms with Crippen LogP contribution in [0.5, 0.6) is 0 Å². The topological polar surface area (TPSA) is 55.4 Å². The molecule has 21 heavy (non-hydrogen) atoms. The first kappa shape index (κ1) is 14.3. The number of hydrogen-bond donors (Lipinski definition) is 1. The summed E-state index contributed by atoms with van der Waals surface area (Å²) in [4.78, 5) is 0. The zero-order valence-electron chi connectivity index (χ0n) is 11.7. The smallest absolute Gasteiger partial charge is 0.261 e. The normalized spacial score (nSPS) is 20.1. The molecule has 0 amide bonds. The molecule has 1 aliphatic rings. The van der Waals surface area contributed by atoms with Gasteiger partial charge in [0.05, 0.1) is 7.11 Å². The number of benzene rings is 2. The molecule has 1 aliphatic carbocycles. The van der Waals surface area contributed by atoms with Crippen LogP contribution in [0.1, 0.15) is 17.5 Å². The largest absolute Gasteiger partial charge is 0.335 e. The van der Waals surface area contributed by atoms with E-state index >= 15 is 0 Å². The van der Waals surface area contributed by atoms with E-state index in [0.29, 0.717) is 0 Å². The molecule has 2 aromatic rings. The van der Waals surface area contributed by atoms with Crippen molar-refractivity contribution in [1.29, 1.82) is 0 Å². The zero-order valence-corrected chi connectivity index (χ0v) is 12.5. The highest BCUT2D eigenvalue weighted by Crippen LogP contribution is 2.53. The summed E-state index contributed by atoms with van der Waals surface area (Å²) in [5.41, 5.74) is 1.91. The lowest BCUT2D eigenvalue weighted by atomic mass is 9.87. The third kappa shape index (κ3) is 2.60. The highest BCUT2D eigenvalue weighted by atomic mass is 32.2. The molecule has 0 heterocycles. The van der Waals surface area contributed by atoms with Gasteiger partial charge < -0.3 is 0 Å². The van der Waals surface area contributed by atoms with Gasteiger partial charge in [0.2, 0.25) is 0 Å². The van der Waals surface area contributed by atoms with Crippen molar-refractivity contribution in [3.05, 3.63) is 71.8 Å². The van der Waals surface area contributed by atoms with Crippen LogP contribution in [0, 0.1) is 0 Å². The maximum atomic E-state index is 11.7.